The van der Waals surface area contributed by atoms with E-state index in [0.717, 1.165) is 11.8 Å². The summed E-state index contributed by atoms with van der Waals surface area (Å²) < 4.78 is 53.7. The van der Waals surface area contributed by atoms with Crippen LogP contribution in [0, 0.1) is 6.92 Å². The van der Waals surface area contributed by atoms with Crippen LogP contribution in [-0.4, -0.2) is 87.4 Å². The molecule has 4 heterocycles. The van der Waals surface area contributed by atoms with Crippen LogP contribution in [0.1, 0.15) is 33.2 Å². The fourth-order valence-electron chi connectivity index (χ4n) is 5.14. The molecule has 1 aromatic carbocycles. The molecule has 0 saturated carbocycles. The van der Waals surface area contributed by atoms with Crippen LogP contribution >= 0.6 is 0 Å². The van der Waals surface area contributed by atoms with Crippen LogP contribution in [0.2, 0.25) is 0 Å². The van der Waals surface area contributed by atoms with Crippen molar-refractivity contribution in [2.45, 2.75) is 19.1 Å². The Hall–Kier alpha value is -4.49. The molecule has 1 aliphatic rings. The average Bonchev–Trinajstić information content (AvgIpc) is 3.45. The van der Waals surface area contributed by atoms with Crippen molar-refractivity contribution in [2.75, 3.05) is 47.0 Å². The van der Waals surface area contributed by atoms with Gasteiger partial charge in [0.1, 0.15) is 11.3 Å². The van der Waals surface area contributed by atoms with Gasteiger partial charge in [-0.1, -0.05) is 6.07 Å². The van der Waals surface area contributed by atoms with Crippen LogP contribution in [-0.2, 0) is 6.18 Å². The van der Waals surface area contributed by atoms with Gasteiger partial charge in [0.15, 0.2) is 11.3 Å². The predicted octanol–water partition coefficient (Wildman–Crippen LogP) is 4.43. The minimum absolute atomic E-state index is 0.0169. The van der Waals surface area contributed by atoms with E-state index in [-0.39, 0.29) is 35.1 Å². The first-order valence-corrected chi connectivity index (χ1v) is 13.4. The van der Waals surface area contributed by atoms with Crippen LogP contribution in [0.25, 0.3) is 16.9 Å². The van der Waals surface area contributed by atoms with E-state index in [1.807, 2.05) is 11.0 Å². The zero-order valence-corrected chi connectivity index (χ0v) is 24.1. The van der Waals surface area contributed by atoms with E-state index in [2.05, 4.69) is 28.2 Å². The van der Waals surface area contributed by atoms with Crippen molar-refractivity contribution in [1.82, 2.24) is 29.4 Å². The first-order valence-electron chi connectivity index (χ1n) is 13.4. The number of aliphatic hydroxyl groups is 1. The van der Waals surface area contributed by atoms with Crippen molar-refractivity contribution in [3.05, 3.63) is 84.3 Å². The van der Waals surface area contributed by atoms with Gasteiger partial charge in [-0.25, -0.2) is 14.5 Å². The smallest absolute Gasteiger partial charge is 0.433 e. The van der Waals surface area contributed by atoms with E-state index < -0.39 is 17.8 Å². The highest BCUT2D eigenvalue weighted by Crippen LogP contribution is 2.37. The van der Waals surface area contributed by atoms with Gasteiger partial charge in [-0.05, 0) is 36.8 Å². The molecule has 1 atom stereocenters. The summed E-state index contributed by atoms with van der Waals surface area (Å²) in [7, 11) is 3.02. The highest BCUT2D eigenvalue weighted by Gasteiger charge is 2.39. The van der Waals surface area contributed by atoms with Gasteiger partial charge in [0, 0.05) is 49.6 Å². The summed E-state index contributed by atoms with van der Waals surface area (Å²) in [5.74, 6) is 0.549. The van der Waals surface area contributed by atoms with Gasteiger partial charge in [0.05, 0.1) is 38.8 Å². The molecule has 1 aliphatic heterocycles. The number of methoxy groups -OCH3 is 2. The number of fused-ring (bicyclic) bond motifs is 1. The van der Waals surface area contributed by atoms with E-state index in [0.29, 0.717) is 47.9 Å². The molecule has 5 rings (SSSR count). The molecule has 1 saturated heterocycles. The molecule has 1 amide bonds. The Morgan fingerprint density at radius 2 is 1.70 bits per heavy atom. The highest BCUT2D eigenvalue weighted by atomic mass is 19.4. The topological polar surface area (TPSA) is 105 Å². The number of alkyl halides is 3. The van der Waals surface area contributed by atoms with Crippen LogP contribution < -0.4 is 9.47 Å². The van der Waals surface area contributed by atoms with Crippen LogP contribution in [0.15, 0.2) is 61.9 Å². The molecule has 0 bridgehead atoms. The zero-order chi connectivity index (χ0) is 31.3. The van der Waals surface area contributed by atoms with Gasteiger partial charge in [-0.15, -0.1) is 13.2 Å². The Kier molecular flexibility index (Phi) is 9.66. The summed E-state index contributed by atoms with van der Waals surface area (Å²) >= 11 is 0. The monoisotopic (exact) mass is 598 g/mol. The second-order valence-corrected chi connectivity index (χ2v) is 9.61. The Labute approximate surface area is 247 Å². The lowest BCUT2D eigenvalue weighted by molar-refractivity contribution is -0.143. The van der Waals surface area contributed by atoms with Crippen LogP contribution in [0.5, 0.6) is 11.6 Å². The van der Waals surface area contributed by atoms with E-state index in [1.165, 1.54) is 21.1 Å². The van der Waals surface area contributed by atoms with Gasteiger partial charge in [0.2, 0.25) is 5.88 Å². The number of aliphatic hydroxyl groups excluding tert-OH is 1. The Bertz CT molecular complexity index is 1550. The van der Waals surface area contributed by atoms with Crippen molar-refractivity contribution < 1.29 is 32.5 Å². The van der Waals surface area contributed by atoms with Crippen LogP contribution in [0.4, 0.5) is 13.2 Å². The molecule has 43 heavy (non-hydrogen) atoms. The molecule has 3 aromatic heterocycles. The minimum atomic E-state index is -4.74. The quantitative estimate of drug-likeness (QED) is 0.312. The highest BCUT2D eigenvalue weighted by molar-refractivity contribution is 6.00. The van der Waals surface area contributed by atoms with Gasteiger partial charge in [-0.3, -0.25) is 9.69 Å². The third kappa shape index (κ3) is 6.32. The van der Waals surface area contributed by atoms with Crippen molar-refractivity contribution in [1.29, 1.82) is 0 Å². The first-order chi connectivity index (χ1) is 20.7. The summed E-state index contributed by atoms with van der Waals surface area (Å²) in [6, 6.07) is 9.74. The number of ether oxygens (including phenoxy) is 2. The zero-order valence-electron chi connectivity index (χ0n) is 24.1. The Balaban J connectivity index is 0.00000207. The largest absolute Gasteiger partial charge is 0.497 e. The number of amides is 1. The number of carbonyl (C=O) groups is 1. The van der Waals surface area contributed by atoms with Crippen LogP contribution in [0.3, 0.4) is 0 Å². The van der Waals surface area contributed by atoms with Crippen molar-refractivity contribution in [2.24, 2.45) is 0 Å². The van der Waals surface area contributed by atoms with Crippen molar-refractivity contribution in [3.63, 3.8) is 0 Å². The molecule has 13 heteroatoms. The molecule has 1 N–H and O–H groups in total. The maximum atomic E-state index is 14.3. The minimum Gasteiger partial charge on any atom is -0.497 e. The Morgan fingerprint density at radius 1 is 1.02 bits per heavy atom. The molecular weight excluding hydrogens is 565 g/mol. The van der Waals surface area contributed by atoms with Gasteiger partial charge >= 0.3 is 6.18 Å². The molecular formula is C30H33F3N6O4. The number of rotatable bonds is 7. The maximum Gasteiger partial charge on any atom is 0.433 e. The number of carbonyl (C=O) groups excluding carboxylic acids is 1. The second-order valence-electron chi connectivity index (χ2n) is 9.61. The summed E-state index contributed by atoms with van der Waals surface area (Å²) in [6.45, 7) is 8.69. The summed E-state index contributed by atoms with van der Waals surface area (Å²) in [5.41, 5.74) is 0.0832. The SMILES string of the molecule is C=C.COc1ccc(-c2nc3c(C(=O)N4CCN([C@H](CO)c5ccc(OC)nc5)CC4)cnn3c(C(F)(F)F)c2C)cc1. The normalized spacial score (nSPS) is 14.6. The summed E-state index contributed by atoms with van der Waals surface area (Å²) in [6.07, 6.45) is -1.95. The Morgan fingerprint density at radius 3 is 2.23 bits per heavy atom. The lowest BCUT2D eigenvalue weighted by Gasteiger charge is -2.38. The van der Waals surface area contributed by atoms with E-state index in [9.17, 15) is 23.1 Å². The number of benzene rings is 1. The lowest BCUT2D eigenvalue weighted by Crippen LogP contribution is -2.50. The fourth-order valence-corrected chi connectivity index (χ4v) is 5.14. The maximum absolute atomic E-state index is 14.3. The molecule has 0 radical (unpaired) electrons. The summed E-state index contributed by atoms with van der Waals surface area (Å²) in [5, 5.41) is 14.0. The second kappa shape index (κ2) is 13.2. The summed E-state index contributed by atoms with van der Waals surface area (Å²) in [4.78, 5) is 25.9. The molecule has 228 valence electrons. The number of nitrogens with zero attached hydrogens (tertiary/aromatic N) is 6. The van der Waals surface area contributed by atoms with E-state index in [1.54, 1.807) is 41.4 Å². The first kappa shape index (κ1) is 31.4. The van der Waals surface area contributed by atoms with Crippen molar-refractivity contribution in [3.8, 4) is 22.9 Å². The third-order valence-corrected chi connectivity index (χ3v) is 7.31. The number of aromatic nitrogens is 4. The number of halogens is 3. The van der Waals surface area contributed by atoms with Gasteiger partial charge in [0.25, 0.3) is 5.91 Å². The molecule has 0 spiro atoms. The lowest BCUT2D eigenvalue weighted by atomic mass is 10.0. The fraction of sp³-hybridized carbons (Fsp3) is 0.333. The van der Waals surface area contributed by atoms with Crippen molar-refractivity contribution >= 4 is 11.6 Å². The molecule has 1 fully saturated rings. The third-order valence-electron chi connectivity index (χ3n) is 7.31. The molecule has 10 nitrogen and oxygen atoms in total. The van der Waals surface area contributed by atoms with E-state index in [4.69, 9.17) is 9.47 Å². The molecule has 0 aliphatic carbocycles. The average molecular weight is 599 g/mol. The number of hydrogen-bond acceptors (Lipinski definition) is 8. The molecule has 0 unspecified atom stereocenters. The predicted molar refractivity (Wildman–Crippen MR) is 154 cm³/mol. The van der Waals surface area contributed by atoms with E-state index >= 15 is 0 Å². The molecule has 4 aromatic rings. The standard InChI is InChI=1S/C28H29F3N6O4.C2H4/c1-17-24(18-4-7-20(40-2)8-5-18)34-26-21(15-33-37(26)25(17)28(29,30)31)27(39)36-12-10-35(11-13-36)22(16-38)19-6-9-23(41-3)32-14-19;1-2/h4-9,14-15,22,38H,10-13,16H2,1-3H3;1-2H2/t22-;/m1./s1. The number of hydrogen-bond donors (Lipinski definition) is 1. The number of piperazine rings is 1. The number of pyridine rings is 1. The van der Waals surface area contributed by atoms with Gasteiger partial charge in [-0.2, -0.15) is 18.3 Å². The van der Waals surface area contributed by atoms with Gasteiger partial charge < -0.3 is 19.5 Å².